The molecule has 11 nitrogen and oxygen atoms in total. The Bertz CT molecular complexity index is 3250. The van der Waals surface area contributed by atoms with Gasteiger partial charge in [0.15, 0.2) is 23.0 Å². The standard InChI is InChI=1S/C105H156O11/c1-5-9-13-17-21-25-29-33-37-41-45-49-73-107-96-63-53-89(54-64-96)83-113-102-71-61-93(79-104(102)115-85-91-57-67-98(68-58-91)109-75-51-47-43-39-35-31-27-23-19-15-11-7-3)87-111-100-77-95(82-106)78-101(81-100)112-88-94-62-72-103(114-84-90-55-65-97(66-56-90)108-74-50-46-42-38-34-30-26-22-18-14-10-6-2)105(80-94)116-86-92-59-69-99(70-60-92)110-76-52-48-44-40-36-32-28-24-20-16-12-8-4/h53-72,77-81,106H,5-52,73-76,82-88H2,1-4H3. The van der Waals surface area contributed by atoms with Crippen molar-refractivity contribution in [3.05, 3.63) is 191 Å². The summed E-state index contributed by atoms with van der Waals surface area (Å²) in [4.78, 5) is 0. The number of ether oxygens (including phenoxy) is 10. The minimum atomic E-state index is -0.189. The molecule has 0 aliphatic rings. The van der Waals surface area contributed by atoms with Crippen LogP contribution < -0.4 is 47.4 Å². The van der Waals surface area contributed by atoms with Gasteiger partial charge in [0.2, 0.25) is 0 Å². The zero-order chi connectivity index (χ0) is 81.3. The Morgan fingerprint density at radius 2 is 0.362 bits per heavy atom. The van der Waals surface area contributed by atoms with Crippen LogP contribution in [0.15, 0.2) is 152 Å². The molecule has 0 bridgehead atoms. The molecule has 0 aliphatic heterocycles. The van der Waals surface area contributed by atoms with E-state index in [0.717, 1.165) is 108 Å². The van der Waals surface area contributed by atoms with Crippen LogP contribution in [0.5, 0.6) is 57.5 Å². The average Bonchev–Trinajstić information content (AvgIpc) is 0.845. The highest BCUT2D eigenvalue weighted by Crippen LogP contribution is 2.35. The Morgan fingerprint density at radius 3 is 0.586 bits per heavy atom. The normalized spacial score (nSPS) is 11.3. The molecule has 1 N–H and O–H groups in total. The van der Waals surface area contributed by atoms with E-state index in [1.807, 2.05) is 103 Å². The van der Waals surface area contributed by atoms with Crippen molar-refractivity contribution in [2.45, 2.75) is 382 Å². The van der Waals surface area contributed by atoms with Crippen molar-refractivity contribution < 1.29 is 52.5 Å². The lowest BCUT2D eigenvalue weighted by Gasteiger charge is -2.16. The minimum Gasteiger partial charge on any atom is -0.494 e. The molecular weight excluding hydrogens is 1440 g/mol. The molecule has 0 heterocycles. The molecule has 116 heavy (non-hydrogen) atoms. The van der Waals surface area contributed by atoms with Gasteiger partial charge in [-0.25, -0.2) is 0 Å². The van der Waals surface area contributed by atoms with Crippen molar-refractivity contribution in [3.8, 4) is 57.5 Å². The monoisotopic (exact) mass is 1590 g/mol. The van der Waals surface area contributed by atoms with Crippen molar-refractivity contribution in [2.75, 3.05) is 26.4 Å². The molecule has 0 atom stereocenters. The number of rotatable bonds is 75. The van der Waals surface area contributed by atoms with Crippen LogP contribution >= 0.6 is 0 Å². The van der Waals surface area contributed by atoms with Crippen LogP contribution in [-0.4, -0.2) is 31.5 Å². The Hall–Kier alpha value is -7.50. The maximum Gasteiger partial charge on any atom is 0.162 e. The third kappa shape index (κ3) is 44.9. The summed E-state index contributed by atoms with van der Waals surface area (Å²) in [6, 6.07) is 50.4. The van der Waals surface area contributed by atoms with Crippen LogP contribution in [0, 0.1) is 0 Å². The van der Waals surface area contributed by atoms with Crippen molar-refractivity contribution in [2.24, 2.45) is 0 Å². The predicted molar refractivity (Wildman–Crippen MR) is 483 cm³/mol. The van der Waals surface area contributed by atoms with Crippen molar-refractivity contribution in [1.29, 1.82) is 0 Å². The Morgan fingerprint density at radius 1 is 0.164 bits per heavy atom. The Kier molecular flexibility index (Phi) is 53.2. The van der Waals surface area contributed by atoms with E-state index in [9.17, 15) is 5.11 Å². The molecule has 642 valence electrons. The largest absolute Gasteiger partial charge is 0.494 e. The lowest BCUT2D eigenvalue weighted by atomic mass is 10.1. The third-order valence-electron chi connectivity index (χ3n) is 22.3. The molecule has 11 heteroatoms. The zero-order valence-electron chi connectivity index (χ0n) is 73.2. The number of aliphatic hydroxyl groups is 1. The third-order valence-corrected chi connectivity index (χ3v) is 22.3. The van der Waals surface area contributed by atoms with Gasteiger partial charge in [-0.2, -0.15) is 0 Å². The van der Waals surface area contributed by atoms with E-state index >= 15 is 0 Å². The molecule has 0 spiro atoms. The molecule has 0 saturated carbocycles. The first-order valence-electron chi connectivity index (χ1n) is 47.0. The van der Waals surface area contributed by atoms with Gasteiger partial charge in [-0.15, -0.1) is 0 Å². The van der Waals surface area contributed by atoms with Gasteiger partial charge in [-0.3, -0.25) is 0 Å². The van der Waals surface area contributed by atoms with E-state index < -0.39 is 0 Å². The fraction of sp³-hybridized carbons (Fsp3) is 0.600. The zero-order valence-corrected chi connectivity index (χ0v) is 73.2. The van der Waals surface area contributed by atoms with Crippen LogP contribution in [-0.2, 0) is 46.2 Å². The summed E-state index contributed by atoms with van der Waals surface area (Å²) >= 11 is 0. The quantitative estimate of drug-likeness (QED) is 0.0368. The van der Waals surface area contributed by atoms with Gasteiger partial charge in [-0.1, -0.05) is 371 Å². The highest BCUT2D eigenvalue weighted by atomic mass is 16.5. The van der Waals surface area contributed by atoms with Crippen LogP contribution in [0.1, 0.15) is 375 Å². The Labute approximate surface area is 705 Å². The highest BCUT2D eigenvalue weighted by molar-refractivity contribution is 5.46. The molecule has 0 unspecified atom stereocenters. The van der Waals surface area contributed by atoms with Gasteiger partial charge < -0.3 is 52.5 Å². The topological polar surface area (TPSA) is 113 Å². The molecule has 0 aliphatic carbocycles. The number of unbranched alkanes of at least 4 members (excludes halogenated alkanes) is 44. The van der Waals surface area contributed by atoms with E-state index in [1.54, 1.807) is 0 Å². The maximum absolute atomic E-state index is 10.6. The van der Waals surface area contributed by atoms with Gasteiger partial charge in [0.05, 0.1) is 33.0 Å². The summed E-state index contributed by atoms with van der Waals surface area (Å²) in [6.07, 6.45) is 63.4. The van der Waals surface area contributed by atoms with Gasteiger partial charge in [0.25, 0.3) is 0 Å². The summed E-state index contributed by atoms with van der Waals surface area (Å²) in [6.45, 7) is 13.7. The summed E-state index contributed by atoms with van der Waals surface area (Å²) < 4.78 is 64.2. The second-order valence-electron chi connectivity index (χ2n) is 32.8. The maximum atomic E-state index is 10.6. The minimum absolute atomic E-state index is 0.189. The fourth-order valence-electron chi connectivity index (χ4n) is 14.9. The first-order chi connectivity index (χ1) is 57.4. The molecule has 0 fully saturated rings. The fourth-order valence-corrected chi connectivity index (χ4v) is 14.9. The van der Waals surface area contributed by atoms with Crippen LogP contribution in [0.2, 0.25) is 0 Å². The summed E-state index contributed by atoms with van der Waals surface area (Å²) in [5, 5.41) is 10.6. The van der Waals surface area contributed by atoms with E-state index in [1.165, 1.54) is 283 Å². The molecule has 7 aromatic carbocycles. The van der Waals surface area contributed by atoms with Crippen molar-refractivity contribution in [3.63, 3.8) is 0 Å². The second-order valence-corrected chi connectivity index (χ2v) is 32.8. The van der Waals surface area contributed by atoms with Crippen LogP contribution in [0.3, 0.4) is 0 Å². The lowest BCUT2D eigenvalue weighted by molar-refractivity contribution is 0.252. The molecule has 0 aromatic heterocycles. The molecule has 7 aromatic rings. The second kappa shape index (κ2) is 64.5. The molecule has 0 amide bonds. The smallest absolute Gasteiger partial charge is 0.162 e. The first-order valence-corrected chi connectivity index (χ1v) is 47.0. The predicted octanol–water partition coefficient (Wildman–Crippen LogP) is 31.0. The molecule has 0 radical (unpaired) electrons. The van der Waals surface area contributed by atoms with Gasteiger partial charge in [-0.05, 0) is 150 Å². The average molecular weight is 1590 g/mol. The van der Waals surface area contributed by atoms with E-state index in [-0.39, 0.29) is 19.8 Å². The van der Waals surface area contributed by atoms with E-state index in [2.05, 4.69) is 76.2 Å². The van der Waals surface area contributed by atoms with Crippen molar-refractivity contribution in [1.82, 2.24) is 0 Å². The molecular formula is C105H156O11. The number of hydrogen-bond acceptors (Lipinski definition) is 11. The number of hydrogen-bond donors (Lipinski definition) is 1. The van der Waals surface area contributed by atoms with Crippen LogP contribution in [0.25, 0.3) is 0 Å². The lowest BCUT2D eigenvalue weighted by Crippen LogP contribution is -2.04. The van der Waals surface area contributed by atoms with E-state index in [4.69, 9.17) is 47.4 Å². The summed E-state index contributed by atoms with van der Waals surface area (Å²) in [5.74, 6) is 7.09. The van der Waals surface area contributed by atoms with Gasteiger partial charge >= 0.3 is 0 Å². The highest BCUT2D eigenvalue weighted by Gasteiger charge is 2.15. The number of benzene rings is 7. The SMILES string of the molecule is CCCCCCCCCCCCCCOc1ccc(COc2ccc(COc3cc(CO)cc(OCc4ccc(OCc5ccc(OCCCCCCCCCCCCCC)cc5)c(OCc5ccc(OCCCCCCCCCCCCCC)cc5)c4)c3)cc2OCc2ccc(OCCCCCCCCCCCCCC)cc2)cc1. The number of aliphatic hydroxyl groups excluding tert-OH is 1. The van der Waals surface area contributed by atoms with Crippen LogP contribution in [0.4, 0.5) is 0 Å². The van der Waals surface area contributed by atoms with E-state index in [0.29, 0.717) is 66.5 Å². The summed E-state index contributed by atoms with van der Waals surface area (Å²) in [7, 11) is 0. The first kappa shape index (κ1) is 95.6. The molecule has 0 saturated heterocycles. The Balaban J connectivity index is 0.935. The van der Waals surface area contributed by atoms with Crippen molar-refractivity contribution >= 4 is 0 Å². The molecule has 7 rings (SSSR count). The van der Waals surface area contributed by atoms with Gasteiger partial charge in [0.1, 0.15) is 74.1 Å². The van der Waals surface area contributed by atoms with Gasteiger partial charge in [0, 0.05) is 6.07 Å². The summed E-state index contributed by atoms with van der Waals surface area (Å²) in [5.41, 5.74) is 6.53.